The van der Waals surface area contributed by atoms with Crippen molar-refractivity contribution < 1.29 is 14.3 Å². The van der Waals surface area contributed by atoms with E-state index in [4.69, 9.17) is 15.2 Å². The number of carbonyl (C=O) groups excluding carboxylic acids is 1. The fourth-order valence-corrected chi connectivity index (χ4v) is 0.665. The van der Waals surface area contributed by atoms with Gasteiger partial charge in [-0.1, -0.05) is 15.9 Å². The Morgan fingerprint density at radius 3 is 2.46 bits per heavy atom. The Hall–Kier alpha value is -0.130. The summed E-state index contributed by atoms with van der Waals surface area (Å²) in [6.45, 7) is 5.11. The third-order valence-corrected chi connectivity index (χ3v) is 1.53. The molecule has 0 bridgehead atoms. The summed E-state index contributed by atoms with van der Waals surface area (Å²) in [6.07, 6.45) is 0. The molecule has 0 unspecified atom stereocenters. The maximum atomic E-state index is 11.1. The minimum Gasteiger partial charge on any atom is -0.462 e. The molecule has 0 saturated carbocycles. The first-order chi connectivity index (χ1) is 5.98. The molecule has 0 rings (SSSR count). The van der Waals surface area contributed by atoms with Gasteiger partial charge in [-0.15, -0.1) is 0 Å². The van der Waals surface area contributed by atoms with E-state index in [1.54, 1.807) is 13.8 Å². The highest BCUT2D eigenvalue weighted by Crippen LogP contribution is 2.17. The molecule has 0 aromatic carbocycles. The molecular weight excluding hydrogens is 238 g/mol. The Bertz CT molecular complexity index is 156. The van der Waals surface area contributed by atoms with Crippen LogP contribution in [-0.4, -0.2) is 36.7 Å². The molecule has 0 amide bonds. The quantitative estimate of drug-likeness (QED) is 0.430. The maximum absolute atomic E-state index is 11.1. The van der Waals surface area contributed by atoms with Crippen molar-refractivity contribution in [2.45, 2.75) is 18.2 Å². The Labute approximate surface area is 86.9 Å². The molecule has 0 aromatic rings. The lowest BCUT2D eigenvalue weighted by molar-refractivity contribution is -0.146. The third kappa shape index (κ3) is 6.98. The zero-order chi connectivity index (χ0) is 10.3. The molecule has 0 heterocycles. The fourth-order valence-electron chi connectivity index (χ4n) is 0.550. The predicted molar refractivity (Wildman–Crippen MR) is 53.8 cm³/mol. The molecule has 78 valence electrons. The third-order valence-electron chi connectivity index (χ3n) is 1.21. The summed E-state index contributed by atoms with van der Waals surface area (Å²) >= 11 is 3.19. The molecule has 4 nitrogen and oxygen atoms in total. The number of ether oxygens (including phenoxy) is 2. The number of rotatable bonds is 6. The Morgan fingerprint density at radius 2 is 2.00 bits per heavy atom. The first-order valence-electron chi connectivity index (χ1n) is 4.12. The fraction of sp³-hybridized carbons (Fsp3) is 0.875. The summed E-state index contributed by atoms with van der Waals surface area (Å²) in [5.74, 6) is -0.288. The van der Waals surface area contributed by atoms with Crippen molar-refractivity contribution in [2.24, 2.45) is 5.73 Å². The average molecular weight is 254 g/mol. The molecule has 0 aliphatic heterocycles. The van der Waals surface area contributed by atoms with E-state index in [0.717, 1.165) is 0 Å². The van der Waals surface area contributed by atoms with Crippen LogP contribution in [0.5, 0.6) is 0 Å². The minimum atomic E-state index is -0.624. The number of esters is 1. The zero-order valence-corrected chi connectivity index (χ0v) is 9.59. The monoisotopic (exact) mass is 253 g/mol. The predicted octanol–water partition coefficient (Wildman–Crippen LogP) is 0.678. The van der Waals surface area contributed by atoms with Gasteiger partial charge in [-0.3, -0.25) is 4.79 Å². The average Bonchev–Trinajstić information content (AvgIpc) is 2.02. The molecule has 0 aromatic heterocycles. The highest BCUT2D eigenvalue weighted by Gasteiger charge is 2.24. The van der Waals surface area contributed by atoms with Crippen LogP contribution in [0.15, 0.2) is 0 Å². The van der Waals surface area contributed by atoms with Gasteiger partial charge in [-0.2, -0.15) is 0 Å². The lowest BCUT2D eigenvalue weighted by Crippen LogP contribution is -2.28. The molecule has 0 fully saturated rings. The van der Waals surface area contributed by atoms with E-state index in [2.05, 4.69) is 15.9 Å². The Balaban J connectivity index is 3.38. The Kier molecular flexibility index (Phi) is 6.28. The maximum Gasteiger partial charge on any atom is 0.322 e. The van der Waals surface area contributed by atoms with Crippen LogP contribution in [0.3, 0.4) is 0 Å². The first-order valence-corrected chi connectivity index (χ1v) is 4.91. The van der Waals surface area contributed by atoms with Gasteiger partial charge in [0.25, 0.3) is 0 Å². The number of alkyl halides is 1. The number of carbonyl (C=O) groups is 1. The first kappa shape index (κ1) is 12.9. The standard InChI is InChI=1S/C8H16BrNO3/c1-8(2,9)7(11)13-6-5-12-4-3-10/h3-6,10H2,1-2H3. The van der Waals surface area contributed by atoms with Gasteiger partial charge in [-0.05, 0) is 13.8 Å². The molecule has 0 spiro atoms. The molecule has 0 aliphatic carbocycles. The van der Waals surface area contributed by atoms with Crippen LogP contribution in [0, 0.1) is 0 Å². The molecular formula is C8H16BrNO3. The van der Waals surface area contributed by atoms with Crippen LogP contribution in [0.2, 0.25) is 0 Å². The van der Waals surface area contributed by atoms with Crippen molar-refractivity contribution in [1.82, 2.24) is 0 Å². The van der Waals surface area contributed by atoms with Gasteiger partial charge in [0.1, 0.15) is 10.9 Å². The van der Waals surface area contributed by atoms with Gasteiger partial charge in [0, 0.05) is 6.54 Å². The van der Waals surface area contributed by atoms with Crippen molar-refractivity contribution in [3.05, 3.63) is 0 Å². The second kappa shape index (κ2) is 6.34. The lowest BCUT2D eigenvalue weighted by atomic mass is 10.2. The van der Waals surface area contributed by atoms with Crippen LogP contribution < -0.4 is 5.73 Å². The highest BCUT2D eigenvalue weighted by atomic mass is 79.9. The van der Waals surface area contributed by atoms with Gasteiger partial charge in [0.2, 0.25) is 0 Å². The van der Waals surface area contributed by atoms with Gasteiger partial charge in [0.05, 0.1) is 13.2 Å². The highest BCUT2D eigenvalue weighted by molar-refractivity contribution is 9.10. The number of nitrogens with two attached hydrogens (primary N) is 1. The summed E-state index contributed by atoms with van der Waals surface area (Å²) < 4.78 is 9.31. The van der Waals surface area contributed by atoms with E-state index in [-0.39, 0.29) is 12.6 Å². The largest absolute Gasteiger partial charge is 0.462 e. The molecule has 0 radical (unpaired) electrons. The molecule has 2 N–H and O–H groups in total. The summed E-state index contributed by atoms with van der Waals surface area (Å²) in [5, 5.41) is 0. The Morgan fingerprint density at radius 1 is 1.38 bits per heavy atom. The number of halogens is 1. The van der Waals surface area contributed by atoms with Gasteiger partial charge < -0.3 is 15.2 Å². The van der Waals surface area contributed by atoms with Crippen LogP contribution in [-0.2, 0) is 14.3 Å². The molecule has 13 heavy (non-hydrogen) atoms. The molecule has 0 atom stereocenters. The van der Waals surface area contributed by atoms with Gasteiger partial charge in [0.15, 0.2) is 0 Å². The second-order valence-corrected chi connectivity index (χ2v) is 4.99. The van der Waals surface area contributed by atoms with Crippen molar-refractivity contribution >= 4 is 21.9 Å². The zero-order valence-electron chi connectivity index (χ0n) is 8.01. The van der Waals surface area contributed by atoms with Crippen LogP contribution in [0.4, 0.5) is 0 Å². The molecule has 0 aliphatic rings. The van der Waals surface area contributed by atoms with Crippen LogP contribution in [0.1, 0.15) is 13.8 Å². The number of hydrogen-bond donors (Lipinski definition) is 1. The van der Waals surface area contributed by atoms with E-state index < -0.39 is 4.32 Å². The van der Waals surface area contributed by atoms with Crippen molar-refractivity contribution in [3.8, 4) is 0 Å². The summed E-state index contributed by atoms with van der Waals surface area (Å²) in [7, 11) is 0. The van der Waals surface area contributed by atoms with E-state index in [1.807, 2.05) is 0 Å². The van der Waals surface area contributed by atoms with Crippen LogP contribution >= 0.6 is 15.9 Å². The van der Waals surface area contributed by atoms with Gasteiger partial charge >= 0.3 is 5.97 Å². The van der Waals surface area contributed by atoms with E-state index >= 15 is 0 Å². The van der Waals surface area contributed by atoms with E-state index in [1.165, 1.54) is 0 Å². The summed E-state index contributed by atoms with van der Waals surface area (Å²) in [5.41, 5.74) is 5.20. The van der Waals surface area contributed by atoms with E-state index in [9.17, 15) is 4.79 Å². The van der Waals surface area contributed by atoms with E-state index in [0.29, 0.717) is 19.8 Å². The second-order valence-electron chi connectivity index (χ2n) is 3.01. The van der Waals surface area contributed by atoms with Crippen molar-refractivity contribution in [2.75, 3.05) is 26.4 Å². The van der Waals surface area contributed by atoms with Crippen LogP contribution in [0.25, 0.3) is 0 Å². The topological polar surface area (TPSA) is 61.5 Å². The lowest BCUT2D eigenvalue weighted by Gasteiger charge is -2.14. The minimum absolute atomic E-state index is 0.272. The number of hydrogen-bond acceptors (Lipinski definition) is 4. The summed E-state index contributed by atoms with van der Waals surface area (Å²) in [6, 6.07) is 0. The molecule has 0 saturated heterocycles. The SMILES string of the molecule is CC(C)(Br)C(=O)OCCOCCN. The smallest absolute Gasteiger partial charge is 0.322 e. The van der Waals surface area contributed by atoms with Crippen molar-refractivity contribution in [1.29, 1.82) is 0 Å². The summed E-state index contributed by atoms with van der Waals surface area (Å²) in [4.78, 5) is 11.1. The normalized spacial score (nSPS) is 11.4. The molecule has 5 heteroatoms. The van der Waals surface area contributed by atoms with Crippen molar-refractivity contribution in [3.63, 3.8) is 0 Å². The van der Waals surface area contributed by atoms with Gasteiger partial charge in [-0.25, -0.2) is 0 Å².